The number of urea groups is 1. The van der Waals surface area contributed by atoms with Gasteiger partial charge >= 0.3 is 6.03 Å². The first-order valence-corrected chi connectivity index (χ1v) is 8.40. The van der Waals surface area contributed by atoms with Crippen LogP contribution in [0.15, 0.2) is 12.4 Å². The molecular weight excluding hydrogens is 292 g/mol. The number of rotatable bonds is 4. The first-order valence-electron chi connectivity index (χ1n) is 8.40. The van der Waals surface area contributed by atoms with Gasteiger partial charge in [-0.3, -0.25) is 4.68 Å². The van der Waals surface area contributed by atoms with Gasteiger partial charge in [-0.1, -0.05) is 20.8 Å². The molecule has 0 aliphatic heterocycles. The van der Waals surface area contributed by atoms with Crippen LogP contribution in [0.1, 0.15) is 52.0 Å². The molecule has 0 bridgehead atoms. The fourth-order valence-electron chi connectivity index (χ4n) is 3.25. The van der Waals surface area contributed by atoms with Crippen molar-refractivity contribution >= 4 is 6.03 Å². The first-order chi connectivity index (χ1) is 10.7. The number of carbonyl (C=O) groups is 1. The van der Waals surface area contributed by atoms with Crippen LogP contribution in [0.5, 0.6) is 0 Å². The van der Waals surface area contributed by atoms with Gasteiger partial charge in [0.15, 0.2) is 0 Å². The van der Waals surface area contributed by atoms with Crippen LogP contribution in [0.25, 0.3) is 0 Å². The summed E-state index contributed by atoms with van der Waals surface area (Å²) in [7, 11) is 1.84. The van der Waals surface area contributed by atoms with Crippen LogP contribution in [0.4, 0.5) is 4.79 Å². The smallest absolute Gasteiger partial charge is 0.315 e. The molecule has 6 nitrogen and oxygen atoms in total. The Morgan fingerprint density at radius 3 is 2.57 bits per heavy atom. The maximum Gasteiger partial charge on any atom is 0.315 e. The molecule has 0 saturated heterocycles. The molecule has 23 heavy (non-hydrogen) atoms. The van der Waals surface area contributed by atoms with Crippen LogP contribution in [-0.4, -0.2) is 33.1 Å². The van der Waals surface area contributed by atoms with Gasteiger partial charge in [-0.2, -0.15) is 5.10 Å². The van der Waals surface area contributed by atoms with Crippen molar-refractivity contribution in [2.45, 2.75) is 58.6 Å². The summed E-state index contributed by atoms with van der Waals surface area (Å²) in [6, 6.07) is -0.250. The van der Waals surface area contributed by atoms with Crippen molar-refractivity contribution in [1.29, 1.82) is 0 Å². The standard InChI is InChI=1S/C17H30N4O2/c1-16(2,3)14-5-7-17(23,8-6-14)12-19-15(22)18-9-13-10-20-21(4)11-13/h10-11,14,23H,5-9,12H2,1-4H3,(H2,18,19,22). The van der Waals surface area contributed by atoms with E-state index in [-0.39, 0.29) is 11.4 Å². The molecule has 2 amide bonds. The maximum absolute atomic E-state index is 11.9. The second kappa shape index (κ2) is 6.91. The van der Waals surface area contributed by atoms with E-state index in [2.05, 4.69) is 36.5 Å². The molecule has 130 valence electrons. The lowest BCUT2D eigenvalue weighted by Crippen LogP contribution is -2.48. The fraction of sp³-hybridized carbons (Fsp3) is 0.765. The number of carbonyl (C=O) groups excluding carboxylic acids is 1. The zero-order valence-corrected chi connectivity index (χ0v) is 14.7. The molecule has 1 aromatic rings. The highest BCUT2D eigenvalue weighted by Crippen LogP contribution is 2.41. The quantitative estimate of drug-likeness (QED) is 0.795. The number of nitrogens with zero attached hydrogens (tertiary/aromatic N) is 2. The van der Waals surface area contributed by atoms with E-state index in [4.69, 9.17) is 0 Å². The Balaban J connectivity index is 1.71. The predicted molar refractivity (Wildman–Crippen MR) is 89.8 cm³/mol. The van der Waals surface area contributed by atoms with E-state index in [9.17, 15) is 9.90 Å². The summed E-state index contributed by atoms with van der Waals surface area (Å²) < 4.78 is 1.70. The number of nitrogens with one attached hydrogen (secondary N) is 2. The van der Waals surface area contributed by atoms with Crippen molar-refractivity contribution in [3.8, 4) is 0 Å². The summed E-state index contributed by atoms with van der Waals surface area (Å²) >= 11 is 0. The second-order valence-electron chi connectivity index (χ2n) is 7.92. The molecule has 1 heterocycles. The molecule has 3 N–H and O–H groups in total. The van der Waals surface area contributed by atoms with E-state index in [1.165, 1.54) is 0 Å². The molecule has 0 spiro atoms. The van der Waals surface area contributed by atoms with Gasteiger partial charge < -0.3 is 15.7 Å². The molecule has 0 radical (unpaired) electrons. The monoisotopic (exact) mass is 322 g/mol. The number of hydrogen-bond donors (Lipinski definition) is 3. The maximum atomic E-state index is 11.9. The van der Waals surface area contributed by atoms with Crippen LogP contribution in [0.3, 0.4) is 0 Å². The van der Waals surface area contributed by atoms with Crippen LogP contribution in [0.2, 0.25) is 0 Å². The molecule has 1 fully saturated rings. The molecule has 1 aromatic heterocycles. The van der Waals surface area contributed by atoms with Crippen LogP contribution in [-0.2, 0) is 13.6 Å². The van der Waals surface area contributed by atoms with Gasteiger partial charge in [0, 0.05) is 31.9 Å². The molecule has 0 unspecified atom stereocenters. The largest absolute Gasteiger partial charge is 0.388 e. The molecule has 2 rings (SSSR count). The topological polar surface area (TPSA) is 79.2 Å². The Kier molecular flexibility index (Phi) is 5.34. The highest BCUT2D eigenvalue weighted by atomic mass is 16.3. The molecule has 1 aliphatic rings. The third-order valence-electron chi connectivity index (χ3n) is 4.93. The minimum Gasteiger partial charge on any atom is -0.388 e. The van der Waals surface area contributed by atoms with Gasteiger partial charge in [0.2, 0.25) is 0 Å². The minimum atomic E-state index is -0.770. The van der Waals surface area contributed by atoms with Crippen LogP contribution in [0, 0.1) is 11.3 Å². The van der Waals surface area contributed by atoms with Crippen molar-refractivity contribution in [3.63, 3.8) is 0 Å². The number of hydrogen-bond acceptors (Lipinski definition) is 3. The Bertz CT molecular complexity index is 525. The average Bonchev–Trinajstić information content (AvgIpc) is 2.88. The SMILES string of the molecule is Cn1cc(CNC(=O)NCC2(O)CCC(C(C)(C)C)CC2)cn1. The third-order valence-corrected chi connectivity index (χ3v) is 4.93. The summed E-state index contributed by atoms with van der Waals surface area (Å²) in [4.78, 5) is 11.9. The highest BCUT2D eigenvalue weighted by molar-refractivity contribution is 5.73. The van der Waals surface area contributed by atoms with E-state index in [0.717, 1.165) is 31.2 Å². The molecule has 0 atom stereocenters. The van der Waals surface area contributed by atoms with E-state index in [1.54, 1.807) is 10.9 Å². The Morgan fingerprint density at radius 2 is 2.04 bits per heavy atom. The fourth-order valence-corrected chi connectivity index (χ4v) is 3.25. The van der Waals surface area contributed by atoms with E-state index in [0.29, 0.717) is 19.0 Å². The first kappa shape index (κ1) is 17.8. The van der Waals surface area contributed by atoms with Gasteiger partial charge in [0.05, 0.1) is 11.8 Å². The van der Waals surface area contributed by atoms with Gasteiger partial charge in [0.25, 0.3) is 0 Å². The molecule has 0 aromatic carbocycles. The van der Waals surface area contributed by atoms with Crippen molar-refractivity contribution in [1.82, 2.24) is 20.4 Å². The lowest BCUT2D eigenvalue weighted by molar-refractivity contribution is -0.0218. The van der Waals surface area contributed by atoms with Gasteiger partial charge in [-0.15, -0.1) is 0 Å². The Labute approximate surface area is 138 Å². The van der Waals surface area contributed by atoms with Crippen molar-refractivity contribution < 1.29 is 9.90 Å². The third kappa shape index (κ3) is 5.23. The van der Waals surface area contributed by atoms with Crippen molar-refractivity contribution in [3.05, 3.63) is 18.0 Å². The molecule has 6 heteroatoms. The summed E-state index contributed by atoms with van der Waals surface area (Å²) in [6.07, 6.45) is 7.11. The number of aryl methyl sites for hydroxylation is 1. The Morgan fingerprint density at radius 1 is 1.39 bits per heavy atom. The lowest BCUT2D eigenvalue weighted by atomic mass is 9.68. The summed E-state index contributed by atoms with van der Waals surface area (Å²) in [5, 5.41) is 20.3. The van der Waals surface area contributed by atoms with Gasteiger partial charge in [0.1, 0.15) is 0 Å². The van der Waals surface area contributed by atoms with Gasteiger partial charge in [-0.05, 0) is 37.0 Å². The lowest BCUT2D eigenvalue weighted by Gasteiger charge is -2.41. The number of amides is 2. The molecular formula is C17H30N4O2. The van der Waals surface area contributed by atoms with E-state index >= 15 is 0 Å². The summed E-state index contributed by atoms with van der Waals surface area (Å²) in [5.41, 5.74) is 0.468. The summed E-state index contributed by atoms with van der Waals surface area (Å²) in [5.74, 6) is 0.641. The number of aromatic nitrogens is 2. The van der Waals surface area contributed by atoms with Crippen LogP contribution < -0.4 is 10.6 Å². The highest BCUT2D eigenvalue weighted by Gasteiger charge is 2.37. The molecule has 1 saturated carbocycles. The Hall–Kier alpha value is -1.56. The van der Waals surface area contributed by atoms with Gasteiger partial charge in [-0.25, -0.2) is 4.79 Å². The zero-order valence-electron chi connectivity index (χ0n) is 14.7. The van der Waals surface area contributed by atoms with E-state index < -0.39 is 5.60 Å². The zero-order chi connectivity index (χ0) is 17.1. The molecule has 1 aliphatic carbocycles. The van der Waals surface area contributed by atoms with Crippen LogP contribution >= 0.6 is 0 Å². The second-order valence-corrected chi connectivity index (χ2v) is 7.92. The number of aliphatic hydroxyl groups is 1. The minimum absolute atomic E-state index is 0.250. The summed E-state index contributed by atoms with van der Waals surface area (Å²) in [6.45, 7) is 7.51. The normalized spacial score (nSPS) is 25.2. The predicted octanol–water partition coefficient (Wildman–Crippen LogP) is 2.19. The van der Waals surface area contributed by atoms with Crippen molar-refractivity contribution in [2.75, 3.05) is 6.54 Å². The van der Waals surface area contributed by atoms with E-state index in [1.807, 2.05) is 13.2 Å². The average molecular weight is 322 g/mol. The van der Waals surface area contributed by atoms with Crippen molar-refractivity contribution in [2.24, 2.45) is 18.4 Å².